The third-order valence-corrected chi connectivity index (χ3v) is 1.97. The number of aldehydes is 1. The van der Waals surface area contributed by atoms with Crippen LogP contribution >= 0.6 is 11.6 Å². The van der Waals surface area contributed by atoms with Gasteiger partial charge in [0.05, 0.1) is 19.1 Å². The van der Waals surface area contributed by atoms with Gasteiger partial charge in [-0.3, -0.25) is 4.79 Å². The smallest absolute Gasteiger partial charge is 0.173 e. The lowest BCUT2D eigenvalue weighted by Gasteiger charge is -2.05. The number of carbonyl (C=O) groups excluding carboxylic acids is 2. The van der Waals surface area contributed by atoms with E-state index in [-0.39, 0.29) is 12.2 Å². The summed E-state index contributed by atoms with van der Waals surface area (Å²) in [7, 11) is 1.46. The Labute approximate surface area is 86.6 Å². The highest BCUT2D eigenvalue weighted by atomic mass is 35.5. The van der Waals surface area contributed by atoms with E-state index in [9.17, 15) is 9.59 Å². The van der Waals surface area contributed by atoms with E-state index >= 15 is 0 Å². The number of carbonyl (C=O) groups is 2. The van der Waals surface area contributed by atoms with Crippen molar-refractivity contribution in [1.29, 1.82) is 0 Å². The molecule has 14 heavy (non-hydrogen) atoms. The van der Waals surface area contributed by atoms with Crippen LogP contribution < -0.4 is 4.74 Å². The van der Waals surface area contributed by atoms with E-state index in [4.69, 9.17) is 16.3 Å². The van der Waals surface area contributed by atoms with Gasteiger partial charge in [-0.2, -0.15) is 0 Å². The lowest BCUT2D eigenvalue weighted by atomic mass is 10.1. The van der Waals surface area contributed by atoms with Crippen molar-refractivity contribution < 1.29 is 14.3 Å². The fraction of sp³-hybridized carbons (Fsp3) is 0.200. The summed E-state index contributed by atoms with van der Waals surface area (Å²) in [5.74, 6) is 0.139. The average Bonchev–Trinajstić information content (AvgIpc) is 2.18. The zero-order chi connectivity index (χ0) is 10.6. The van der Waals surface area contributed by atoms with Crippen LogP contribution in [0.2, 0.25) is 5.02 Å². The number of rotatable bonds is 4. The molecule has 0 aliphatic rings. The monoisotopic (exact) mass is 212 g/mol. The van der Waals surface area contributed by atoms with Crippen molar-refractivity contribution >= 4 is 23.7 Å². The zero-order valence-corrected chi connectivity index (χ0v) is 8.38. The molecular weight excluding hydrogens is 204 g/mol. The summed E-state index contributed by atoms with van der Waals surface area (Å²) in [5.41, 5.74) is 0.340. The Bertz CT molecular complexity index is 360. The van der Waals surface area contributed by atoms with Gasteiger partial charge in [0.1, 0.15) is 12.0 Å². The topological polar surface area (TPSA) is 43.4 Å². The van der Waals surface area contributed by atoms with Crippen molar-refractivity contribution in [3.05, 3.63) is 28.8 Å². The number of hydrogen-bond acceptors (Lipinski definition) is 3. The first-order valence-electron chi connectivity index (χ1n) is 3.99. The van der Waals surface area contributed by atoms with Crippen LogP contribution in [0.15, 0.2) is 18.2 Å². The Balaban J connectivity index is 3.09. The standard InChI is InChI=1S/C10H9ClO3/c1-14-10-3-2-7(11)6-8(10)9(13)4-5-12/h2-3,5-6H,4H2,1H3. The van der Waals surface area contributed by atoms with Gasteiger partial charge in [0.2, 0.25) is 0 Å². The first kappa shape index (κ1) is 10.7. The highest BCUT2D eigenvalue weighted by Crippen LogP contribution is 2.23. The second kappa shape index (κ2) is 4.77. The van der Waals surface area contributed by atoms with Gasteiger partial charge in [-0.25, -0.2) is 0 Å². The van der Waals surface area contributed by atoms with Gasteiger partial charge in [0.25, 0.3) is 0 Å². The van der Waals surface area contributed by atoms with Gasteiger partial charge in [-0.05, 0) is 18.2 Å². The summed E-state index contributed by atoms with van der Waals surface area (Å²) < 4.78 is 4.97. The second-order valence-corrected chi connectivity index (χ2v) is 3.08. The number of Topliss-reactive ketones (excluding diaryl/α,β-unsaturated/α-hetero) is 1. The maximum atomic E-state index is 11.4. The molecular formula is C10H9ClO3. The number of ketones is 1. The lowest BCUT2D eigenvalue weighted by Crippen LogP contribution is -2.02. The van der Waals surface area contributed by atoms with Crippen LogP contribution in [-0.4, -0.2) is 19.2 Å². The predicted molar refractivity (Wildman–Crippen MR) is 53.0 cm³/mol. The second-order valence-electron chi connectivity index (χ2n) is 2.64. The first-order valence-corrected chi connectivity index (χ1v) is 4.37. The van der Waals surface area contributed by atoms with Gasteiger partial charge < -0.3 is 9.53 Å². The van der Waals surface area contributed by atoms with Gasteiger partial charge in [-0.1, -0.05) is 11.6 Å². The van der Waals surface area contributed by atoms with Crippen molar-refractivity contribution in [2.75, 3.05) is 7.11 Å². The molecule has 0 fully saturated rings. The molecule has 3 nitrogen and oxygen atoms in total. The Morgan fingerprint density at radius 1 is 1.57 bits per heavy atom. The van der Waals surface area contributed by atoms with Crippen LogP contribution in [0.25, 0.3) is 0 Å². The minimum atomic E-state index is -0.292. The van der Waals surface area contributed by atoms with Gasteiger partial charge in [0, 0.05) is 5.02 Å². The summed E-state index contributed by atoms with van der Waals surface area (Å²) in [6, 6.07) is 4.71. The lowest BCUT2D eigenvalue weighted by molar-refractivity contribution is -0.107. The van der Waals surface area contributed by atoms with Crippen LogP contribution in [-0.2, 0) is 4.79 Å². The van der Waals surface area contributed by atoms with E-state index in [1.54, 1.807) is 12.1 Å². The Kier molecular flexibility index (Phi) is 3.65. The van der Waals surface area contributed by atoms with E-state index in [1.807, 2.05) is 0 Å². The number of benzene rings is 1. The molecule has 1 aromatic rings. The van der Waals surface area contributed by atoms with Gasteiger partial charge in [-0.15, -0.1) is 0 Å². The van der Waals surface area contributed by atoms with Crippen molar-refractivity contribution in [1.82, 2.24) is 0 Å². The molecule has 74 valence electrons. The van der Waals surface area contributed by atoms with Crippen molar-refractivity contribution in [2.24, 2.45) is 0 Å². The largest absolute Gasteiger partial charge is 0.496 e. The van der Waals surface area contributed by atoms with Crippen LogP contribution in [0, 0.1) is 0 Å². The average molecular weight is 213 g/mol. The number of hydrogen-bond donors (Lipinski definition) is 0. The van der Waals surface area contributed by atoms with E-state index in [2.05, 4.69) is 0 Å². The van der Waals surface area contributed by atoms with Crippen molar-refractivity contribution in [3.63, 3.8) is 0 Å². The molecule has 0 atom stereocenters. The van der Waals surface area contributed by atoms with E-state index < -0.39 is 0 Å². The summed E-state index contributed by atoms with van der Waals surface area (Å²) in [6.07, 6.45) is 0.402. The number of methoxy groups -OCH3 is 1. The minimum absolute atomic E-state index is 0.156. The normalized spacial score (nSPS) is 9.57. The Morgan fingerprint density at radius 3 is 2.86 bits per heavy atom. The third kappa shape index (κ3) is 2.33. The SMILES string of the molecule is COc1ccc(Cl)cc1C(=O)CC=O. The van der Waals surface area contributed by atoms with Crippen LogP contribution in [0.3, 0.4) is 0 Å². The zero-order valence-electron chi connectivity index (χ0n) is 7.62. The van der Waals surface area contributed by atoms with Crippen molar-refractivity contribution in [3.8, 4) is 5.75 Å². The number of halogens is 1. The van der Waals surface area contributed by atoms with Crippen LogP contribution in [0.5, 0.6) is 5.75 Å². The summed E-state index contributed by atoms with van der Waals surface area (Å²) in [4.78, 5) is 21.6. The molecule has 0 radical (unpaired) electrons. The van der Waals surface area contributed by atoms with Crippen molar-refractivity contribution in [2.45, 2.75) is 6.42 Å². The maximum Gasteiger partial charge on any atom is 0.173 e. The summed E-state index contributed by atoms with van der Waals surface area (Å²) in [5, 5.41) is 0.444. The highest BCUT2D eigenvalue weighted by Gasteiger charge is 2.11. The van der Waals surface area contributed by atoms with E-state index in [1.165, 1.54) is 13.2 Å². The molecule has 0 spiro atoms. The number of ether oxygens (including phenoxy) is 1. The summed E-state index contributed by atoms with van der Waals surface area (Å²) in [6.45, 7) is 0. The highest BCUT2D eigenvalue weighted by molar-refractivity contribution is 6.31. The van der Waals surface area contributed by atoms with E-state index in [0.29, 0.717) is 22.6 Å². The van der Waals surface area contributed by atoms with Crippen LogP contribution in [0.1, 0.15) is 16.8 Å². The van der Waals surface area contributed by atoms with E-state index in [0.717, 1.165) is 0 Å². The molecule has 0 saturated heterocycles. The first-order chi connectivity index (χ1) is 6.69. The molecule has 0 unspecified atom stereocenters. The molecule has 0 heterocycles. The molecule has 0 saturated carbocycles. The van der Waals surface area contributed by atoms with Gasteiger partial charge >= 0.3 is 0 Å². The molecule has 0 amide bonds. The molecule has 0 bridgehead atoms. The maximum absolute atomic E-state index is 11.4. The minimum Gasteiger partial charge on any atom is -0.496 e. The Hall–Kier alpha value is -1.35. The Morgan fingerprint density at radius 2 is 2.29 bits per heavy atom. The predicted octanol–water partition coefficient (Wildman–Crippen LogP) is 2.12. The quantitative estimate of drug-likeness (QED) is 0.436. The molecule has 0 aromatic heterocycles. The molecule has 1 rings (SSSR count). The van der Waals surface area contributed by atoms with Gasteiger partial charge in [0.15, 0.2) is 5.78 Å². The molecule has 4 heteroatoms. The third-order valence-electron chi connectivity index (χ3n) is 1.73. The molecule has 1 aromatic carbocycles. The fourth-order valence-corrected chi connectivity index (χ4v) is 1.26. The fourth-order valence-electron chi connectivity index (χ4n) is 1.08. The molecule has 0 aliphatic carbocycles. The molecule has 0 aliphatic heterocycles. The summed E-state index contributed by atoms with van der Waals surface area (Å²) >= 11 is 5.72. The molecule has 0 N–H and O–H groups in total. The van der Waals surface area contributed by atoms with Crippen LogP contribution in [0.4, 0.5) is 0 Å².